The van der Waals surface area contributed by atoms with E-state index >= 15 is 0 Å². The summed E-state index contributed by atoms with van der Waals surface area (Å²) in [7, 11) is 0. The van der Waals surface area contributed by atoms with Crippen molar-refractivity contribution in [3.8, 4) is 0 Å². The highest BCUT2D eigenvalue weighted by molar-refractivity contribution is 5.76. The molecule has 1 aromatic heterocycles. The van der Waals surface area contributed by atoms with Crippen LogP contribution in [-0.2, 0) is 11.3 Å². The molecule has 17 heavy (non-hydrogen) atoms. The lowest BCUT2D eigenvalue weighted by molar-refractivity contribution is -0.133. The summed E-state index contributed by atoms with van der Waals surface area (Å²) in [4.78, 5) is 17.9. The molecule has 4 nitrogen and oxygen atoms in total. The fourth-order valence-electron chi connectivity index (χ4n) is 1.67. The topological polar surface area (TPSA) is 59.2 Å². The van der Waals surface area contributed by atoms with Crippen LogP contribution >= 0.6 is 0 Å². The van der Waals surface area contributed by atoms with Crippen molar-refractivity contribution >= 4 is 5.91 Å². The van der Waals surface area contributed by atoms with Gasteiger partial charge in [0.2, 0.25) is 5.91 Å². The van der Waals surface area contributed by atoms with Gasteiger partial charge in [-0.3, -0.25) is 9.78 Å². The molecule has 0 aliphatic heterocycles. The Hall–Kier alpha value is -1.42. The molecular weight excluding hydrogens is 214 g/mol. The van der Waals surface area contributed by atoms with Crippen molar-refractivity contribution in [2.75, 3.05) is 6.54 Å². The molecule has 0 saturated carbocycles. The molecule has 1 unspecified atom stereocenters. The molecule has 4 heteroatoms. The van der Waals surface area contributed by atoms with E-state index in [1.165, 1.54) is 0 Å². The molecule has 0 radical (unpaired) electrons. The van der Waals surface area contributed by atoms with Crippen LogP contribution in [0, 0.1) is 0 Å². The van der Waals surface area contributed by atoms with Crippen molar-refractivity contribution in [3.63, 3.8) is 0 Å². The second kappa shape index (κ2) is 7.01. The van der Waals surface area contributed by atoms with Crippen molar-refractivity contribution in [1.29, 1.82) is 0 Å². The summed E-state index contributed by atoms with van der Waals surface area (Å²) in [5, 5.41) is 0. The molecule has 1 aromatic rings. The van der Waals surface area contributed by atoms with Crippen molar-refractivity contribution in [2.45, 2.75) is 39.3 Å². The predicted octanol–water partition coefficient (Wildman–Crippen LogP) is 1.56. The molecule has 94 valence electrons. The number of rotatable bonds is 6. The lowest BCUT2D eigenvalue weighted by Crippen LogP contribution is -2.38. The maximum Gasteiger partial charge on any atom is 0.224 e. The van der Waals surface area contributed by atoms with Crippen molar-refractivity contribution in [2.24, 2.45) is 5.73 Å². The van der Waals surface area contributed by atoms with Crippen LogP contribution in [0.5, 0.6) is 0 Å². The highest BCUT2D eigenvalue weighted by Gasteiger charge is 2.18. The summed E-state index contributed by atoms with van der Waals surface area (Å²) in [6, 6.07) is 4.10. The minimum Gasteiger partial charge on any atom is -0.336 e. The Morgan fingerprint density at radius 1 is 1.59 bits per heavy atom. The molecule has 1 heterocycles. The highest BCUT2D eigenvalue weighted by Crippen LogP contribution is 2.11. The van der Waals surface area contributed by atoms with E-state index in [4.69, 9.17) is 5.73 Å². The lowest BCUT2D eigenvalue weighted by Gasteiger charge is -2.28. The first-order valence-electron chi connectivity index (χ1n) is 6.07. The van der Waals surface area contributed by atoms with Crippen LogP contribution in [0.2, 0.25) is 0 Å². The van der Waals surface area contributed by atoms with Crippen LogP contribution in [0.25, 0.3) is 0 Å². The Morgan fingerprint density at radius 2 is 2.35 bits per heavy atom. The molecular formula is C13H21N3O. The summed E-state index contributed by atoms with van der Waals surface area (Å²) < 4.78 is 0. The van der Waals surface area contributed by atoms with Crippen molar-refractivity contribution < 1.29 is 4.79 Å². The lowest BCUT2D eigenvalue weighted by atomic mass is 10.1. The quantitative estimate of drug-likeness (QED) is 0.814. The van der Waals surface area contributed by atoms with Gasteiger partial charge in [0.25, 0.3) is 0 Å². The Labute approximate surface area is 103 Å². The molecule has 1 rings (SSSR count). The molecule has 0 aliphatic rings. The normalized spacial score (nSPS) is 12.2. The van der Waals surface area contributed by atoms with Gasteiger partial charge in [0.1, 0.15) is 0 Å². The van der Waals surface area contributed by atoms with Crippen LogP contribution in [0.4, 0.5) is 0 Å². The molecule has 0 spiro atoms. The zero-order valence-electron chi connectivity index (χ0n) is 10.6. The van der Waals surface area contributed by atoms with Gasteiger partial charge >= 0.3 is 0 Å². The summed E-state index contributed by atoms with van der Waals surface area (Å²) in [6.45, 7) is 5.15. The Balaban J connectivity index is 2.73. The van der Waals surface area contributed by atoms with E-state index in [1.807, 2.05) is 17.0 Å². The van der Waals surface area contributed by atoms with E-state index in [1.54, 1.807) is 12.4 Å². The van der Waals surface area contributed by atoms with Crippen molar-refractivity contribution in [3.05, 3.63) is 30.1 Å². The molecule has 0 aromatic carbocycles. The fraction of sp³-hybridized carbons (Fsp3) is 0.538. The van der Waals surface area contributed by atoms with Gasteiger partial charge in [-0.1, -0.05) is 13.0 Å². The third-order valence-corrected chi connectivity index (χ3v) is 2.88. The monoisotopic (exact) mass is 235 g/mol. The second-order valence-electron chi connectivity index (χ2n) is 4.18. The van der Waals surface area contributed by atoms with Crippen LogP contribution in [-0.4, -0.2) is 28.4 Å². The van der Waals surface area contributed by atoms with Gasteiger partial charge in [-0.25, -0.2) is 0 Å². The molecule has 0 saturated heterocycles. The zero-order valence-corrected chi connectivity index (χ0v) is 10.6. The SMILES string of the molecule is CCC(C)N(Cc1cccnc1)C(=O)CCN. The molecule has 0 bridgehead atoms. The van der Waals surface area contributed by atoms with E-state index in [9.17, 15) is 4.79 Å². The van der Waals surface area contributed by atoms with Gasteiger partial charge < -0.3 is 10.6 Å². The van der Waals surface area contributed by atoms with Gasteiger partial charge in [-0.2, -0.15) is 0 Å². The number of amides is 1. The van der Waals surface area contributed by atoms with Gasteiger partial charge in [-0.15, -0.1) is 0 Å². The van der Waals surface area contributed by atoms with E-state index in [-0.39, 0.29) is 11.9 Å². The first-order chi connectivity index (χ1) is 8.19. The number of carbonyl (C=O) groups excluding carboxylic acids is 1. The largest absolute Gasteiger partial charge is 0.336 e. The van der Waals surface area contributed by atoms with E-state index < -0.39 is 0 Å². The van der Waals surface area contributed by atoms with Crippen molar-refractivity contribution in [1.82, 2.24) is 9.88 Å². The zero-order chi connectivity index (χ0) is 12.7. The Bertz CT molecular complexity index is 340. The van der Waals surface area contributed by atoms with E-state index in [0.29, 0.717) is 19.5 Å². The first-order valence-corrected chi connectivity index (χ1v) is 6.07. The summed E-state index contributed by atoms with van der Waals surface area (Å²) in [6.07, 6.45) is 4.88. The summed E-state index contributed by atoms with van der Waals surface area (Å²) >= 11 is 0. The third-order valence-electron chi connectivity index (χ3n) is 2.88. The number of aromatic nitrogens is 1. The minimum atomic E-state index is 0.116. The van der Waals surface area contributed by atoms with E-state index in [2.05, 4.69) is 18.8 Å². The van der Waals surface area contributed by atoms with E-state index in [0.717, 1.165) is 12.0 Å². The number of carbonyl (C=O) groups is 1. The molecule has 0 aliphatic carbocycles. The maximum absolute atomic E-state index is 12.0. The number of hydrogen-bond acceptors (Lipinski definition) is 3. The third kappa shape index (κ3) is 4.15. The van der Waals surface area contributed by atoms with Gasteiger partial charge in [0.05, 0.1) is 0 Å². The van der Waals surface area contributed by atoms with Gasteiger partial charge in [0, 0.05) is 37.9 Å². The number of pyridine rings is 1. The van der Waals surface area contributed by atoms with Gasteiger partial charge in [0.15, 0.2) is 0 Å². The molecule has 1 amide bonds. The Kier molecular flexibility index (Phi) is 5.63. The summed E-state index contributed by atoms with van der Waals surface area (Å²) in [5.41, 5.74) is 6.50. The molecule has 1 atom stereocenters. The highest BCUT2D eigenvalue weighted by atomic mass is 16.2. The van der Waals surface area contributed by atoms with Crippen LogP contribution in [0.15, 0.2) is 24.5 Å². The number of nitrogens with two attached hydrogens (primary N) is 1. The van der Waals surface area contributed by atoms with Crippen LogP contribution in [0.1, 0.15) is 32.3 Å². The minimum absolute atomic E-state index is 0.116. The molecule has 0 fully saturated rings. The predicted molar refractivity (Wildman–Crippen MR) is 68.2 cm³/mol. The van der Waals surface area contributed by atoms with Gasteiger partial charge in [-0.05, 0) is 25.0 Å². The number of hydrogen-bond donors (Lipinski definition) is 1. The maximum atomic E-state index is 12.0. The number of nitrogens with zero attached hydrogens (tertiary/aromatic N) is 2. The smallest absolute Gasteiger partial charge is 0.224 e. The van der Waals surface area contributed by atoms with Crippen LogP contribution in [0.3, 0.4) is 0 Å². The van der Waals surface area contributed by atoms with Crippen LogP contribution < -0.4 is 5.73 Å². The molecule has 2 N–H and O–H groups in total. The summed E-state index contributed by atoms with van der Waals surface area (Å²) in [5.74, 6) is 0.116. The fourth-order valence-corrected chi connectivity index (χ4v) is 1.67. The average Bonchev–Trinajstić information content (AvgIpc) is 2.36. The standard InChI is InChI=1S/C13H21N3O/c1-3-11(2)16(13(17)6-7-14)10-12-5-4-8-15-9-12/h4-5,8-9,11H,3,6-7,10,14H2,1-2H3. The second-order valence-corrected chi connectivity index (χ2v) is 4.18. The average molecular weight is 235 g/mol. The first kappa shape index (κ1) is 13.6. The Morgan fingerprint density at radius 3 is 2.88 bits per heavy atom.